The van der Waals surface area contributed by atoms with Crippen molar-refractivity contribution in [3.8, 4) is 5.75 Å². The van der Waals surface area contributed by atoms with E-state index in [1.54, 1.807) is 18.2 Å². The first-order valence-corrected chi connectivity index (χ1v) is 5.14. The predicted molar refractivity (Wildman–Crippen MR) is 56.0 cm³/mol. The zero-order chi connectivity index (χ0) is 10.5. The van der Waals surface area contributed by atoms with Crippen molar-refractivity contribution in [2.45, 2.75) is 12.8 Å². The minimum Gasteiger partial charge on any atom is -0.468 e. The first-order valence-electron chi connectivity index (χ1n) is 5.14. The van der Waals surface area contributed by atoms with Gasteiger partial charge >= 0.3 is 0 Å². The summed E-state index contributed by atoms with van der Waals surface area (Å²) in [7, 11) is 0. The van der Waals surface area contributed by atoms with Gasteiger partial charge in [0.05, 0.1) is 6.61 Å². The number of rotatable bonds is 6. The molecule has 0 saturated heterocycles. The van der Waals surface area contributed by atoms with E-state index >= 15 is 0 Å². The van der Waals surface area contributed by atoms with Gasteiger partial charge in [-0.3, -0.25) is 4.79 Å². The van der Waals surface area contributed by atoms with Crippen molar-refractivity contribution in [3.63, 3.8) is 0 Å². The zero-order valence-electron chi connectivity index (χ0n) is 8.52. The van der Waals surface area contributed by atoms with Gasteiger partial charge in [-0.05, 0) is 30.9 Å². The maximum absolute atomic E-state index is 10.5. The monoisotopic (exact) mass is 206 g/mol. The van der Waals surface area contributed by atoms with E-state index in [1.165, 1.54) is 12.8 Å². The summed E-state index contributed by atoms with van der Waals surface area (Å²) in [6.45, 7) is 1.05. The quantitative estimate of drug-likeness (QED) is 0.407. The number of carbonyl (C=O) groups is 1. The SMILES string of the molecule is O=Cc1cccc(OCOCC2CC2)c1. The second kappa shape index (κ2) is 4.94. The smallest absolute Gasteiger partial charge is 0.189 e. The molecular formula is C12H14O3. The molecule has 0 amide bonds. The summed E-state index contributed by atoms with van der Waals surface area (Å²) in [6.07, 6.45) is 3.36. The highest BCUT2D eigenvalue weighted by Crippen LogP contribution is 2.28. The number of ether oxygens (including phenoxy) is 2. The maximum atomic E-state index is 10.5. The second-order valence-electron chi connectivity index (χ2n) is 3.77. The van der Waals surface area contributed by atoms with Crippen molar-refractivity contribution in [1.29, 1.82) is 0 Å². The molecule has 2 rings (SSSR count). The van der Waals surface area contributed by atoms with Gasteiger partial charge in [0.2, 0.25) is 0 Å². The van der Waals surface area contributed by atoms with E-state index in [9.17, 15) is 4.79 Å². The largest absolute Gasteiger partial charge is 0.468 e. The van der Waals surface area contributed by atoms with Crippen LogP contribution in [-0.4, -0.2) is 19.7 Å². The molecule has 80 valence electrons. The minimum absolute atomic E-state index is 0.263. The molecule has 1 aromatic carbocycles. The Bertz CT molecular complexity index is 331. The molecule has 0 aliphatic heterocycles. The number of hydrogen-bond donors (Lipinski definition) is 0. The Morgan fingerprint density at radius 3 is 3.00 bits per heavy atom. The molecule has 1 aliphatic rings. The van der Waals surface area contributed by atoms with Gasteiger partial charge in [0.1, 0.15) is 12.0 Å². The van der Waals surface area contributed by atoms with Crippen LogP contribution >= 0.6 is 0 Å². The topological polar surface area (TPSA) is 35.5 Å². The summed E-state index contributed by atoms with van der Waals surface area (Å²) in [5.41, 5.74) is 0.620. The summed E-state index contributed by atoms with van der Waals surface area (Å²) in [4.78, 5) is 10.5. The number of carbonyl (C=O) groups excluding carboxylic acids is 1. The van der Waals surface area contributed by atoms with Gasteiger partial charge in [0.25, 0.3) is 0 Å². The van der Waals surface area contributed by atoms with Gasteiger partial charge in [-0.15, -0.1) is 0 Å². The average Bonchev–Trinajstić information content (AvgIpc) is 3.09. The number of benzene rings is 1. The summed E-state index contributed by atoms with van der Waals surface area (Å²) in [5.74, 6) is 1.42. The molecule has 0 heterocycles. The lowest BCUT2D eigenvalue weighted by molar-refractivity contribution is 0.00995. The fourth-order valence-electron chi connectivity index (χ4n) is 1.29. The Kier molecular flexibility index (Phi) is 3.35. The molecule has 0 spiro atoms. The van der Waals surface area contributed by atoms with Crippen molar-refractivity contribution in [2.75, 3.05) is 13.4 Å². The fraction of sp³-hybridized carbons (Fsp3) is 0.417. The van der Waals surface area contributed by atoms with Gasteiger partial charge in [-0.1, -0.05) is 12.1 Å². The molecule has 1 aromatic rings. The summed E-state index contributed by atoms with van der Waals surface area (Å²) >= 11 is 0. The third-order valence-electron chi connectivity index (χ3n) is 2.35. The van der Waals surface area contributed by atoms with E-state index < -0.39 is 0 Å². The van der Waals surface area contributed by atoms with Crippen molar-refractivity contribution < 1.29 is 14.3 Å². The molecule has 1 aliphatic carbocycles. The van der Waals surface area contributed by atoms with Gasteiger partial charge in [0, 0.05) is 5.56 Å². The maximum Gasteiger partial charge on any atom is 0.189 e. The van der Waals surface area contributed by atoms with Crippen LogP contribution in [0.3, 0.4) is 0 Å². The van der Waals surface area contributed by atoms with E-state index in [-0.39, 0.29) is 6.79 Å². The van der Waals surface area contributed by atoms with Crippen molar-refractivity contribution in [3.05, 3.63) is 29.8 Å². The van der Waals surface area contributed by atoms with Crippen LogP contribution in [0.4, 0.5) is 0 Å². The lowest BCUT2D eigenvalue weighted by Crippen LogP contribution is -2.05. The fourth-order valence-corrected chi connectivity index (χ4v) is 1.29. The van der Waals surface area contributed by atoms with E-state index in [1.807, 2.05) is 6.07 Å². The van der Waals surface area contributed by atoms with Crippen molar-refractivity contribution in [2.24, 2.45) is 5.92 Å². The molecule has 0 aromatic heterocycles. The normalized spacial score (nSPS) is 14.9. The molecule has 0 N–H and O–H groups in total. The third-order valence-corrected chi connectivity index (χ3v) is 2.35. The van der Waals surface area contributed by atoms with Crippen LogP contribution in [0.25, 0.3) is 0 Å². The lowest BCUT2D eigenvalue weighted by Gasteiger charge is -2.06. The third kappa shape index (κ3) is 3.36. The van der Waals surface area contributed by atoms with Gasteiger partial charge < -0.3 is 9.47 Å². The minimum atomic E-state index is 0.263. The molecule has 1 fully saturated rings. The van der Waals surface area contributed by atoms with Crippen LogP contribution < -0.4 is 4.74 Å². The van der Waals surface area contributed by atoms with Gasteiger partial charge in [0.15, 0.2) is 6.79 Å². The molecule has 0 unspecified atom stereocenters. The first-order chi connectivity index (χ1) is 7.38. The van der Waals surface area contributed by atoms with Crippen LogP contribution in [0.2, 0.25) is 0 Å². The first kappa shape index (κ1) is 10.2. The Hall–Kier alpha value is -1.35. The van der Waals surface area contributed by atoms with E-state index in [4.69, 9.17) is 9.47 Å². The van der Waals surface area contributed by atoms with Crippen LogP contribution in [0.5, 0.6) is 5.75 Å². The molecule has 0 radical (unpaired) electrons. The summed E-state index contributed by atoms with van der Waals surface area (Å²) in [6, 6.07) is 7.05. The highest BCUT2D eigenvalue weighted by molar-refractivity contribution is 5.75. The van der Waals surface area contributed by atoms with E-state index in [0.717, 1.165) is 18.8 Å². The van der Waals surface area contributed by atoms with Crippen molar-refractivity contribution >= 4 is 6.29 Å². The standard InChI is InChI=1S/C12H14O3/c13-7-11-2-1-3-12(6-11)15-9-14-8-10-4-5-10/h1-3,6-7,10H,4-5,8-9H2. The zero-order valence-corrected chi connectivity index (χ0v) is 8.52. The van der Waals surface area contributed by atoms with Crippen LogP contribution in [-0.2, 0) is 4.74 Å². The van der Waals surface area contributed by atoms with E-state index in [2.05, 4.69) is 0 Å². The second-order valence-corrected chi connectivity index (χ2v) is 3.77. The predicted octanol–water partition coefficient (Wildman–Crippen LogP) is 2.26. The molecule has 15 heavy (non-hydrogen) atoms. The van der Waals surface area contributed by atoms with Gasteiger partial charge in [-0.2, -0.15) is 0 Å². The van der Waals surface area contributed by atoms with Crippen LogP contribution in [0, 0.1) is 5.92 Å². The molecule has 3 nitrogen and oxygen atoms in total. The summed E-state index contributed by atoms with van der Waals surface area (Å²) in [5, 5.41) is 0. The highest BCUT2D eigenvalue weighted by Gasteiger charge is 2.20. The molecule has 3 heteroatoms. The number of hydrogen-bond acceptors (Lipinski definition) is 3. The Morgan fingerprint density at radius 1 is 1.40 bits per heavy atom. The Labute approximate surface area is 89.0 Å². The van der Waals surface area contributed by atoms with Crippen LogP contribution in [0.15, 0.2) is 24.3 Å². The molecule has 0 bridgehead atoms. The highest BCUT2D eigenvalue weighted by atomic mass is 16.7. The van der Waals surface area contributed by atoms with E-state index in [0.29, 0.717) is 11.3 Å². The molecule has 0 atom stereocenters. The number of aldehydes is 1. The van der Waals surface area contributed by atoms with Crippen molar-refractivity contribution in [1.82, 2.24) is 0 Å². The van der Waals surface area contributed by atoms with Gasteiger partial charge in [-0.25, -0.2) is 0 Å². The Morgan fingerprint density at radius 2 is 2.27 bits per heavy atom. The molecule has 1 saturated carbocycles. The lowest BCUT2D eigenvalue weighted by atomic mass is 10.2. The molecular weight excluding hydrogens is 192 g/mol. The Balaban J connectivity index is 1.73. The average molecular weight is 206 g/mol. The van der Waals surface area contributed by atoms with Crippen LogP contribution in [0.1, 0.15) is 23.2 Å². The summed E-state index contributed by atoms with van der Waals surface area (Å²) < 4.78 is 10.7.